The molecular weight excluding hydrogens is 162 g/mol. The quantitative estimate of drug-likeness (QED) is 0.700. The Hall–Kier alpha value is -0.0800. The molecule has 0 spiro atoms. The van der Waals surface area contributed by atoms with E-state index in [1.54, 1.807) is 0 Å². The van der Waals surface area contributed by atoms with Crippen molar-refractivity contribution in [3.05, 3.63) is 0 Å². The first-order valence-electron chi connectivity index (χ1n) is 5.40. The molecule has 0 aromatic carbocycles. The number of hydrogen-bond acceptors (Lipinski definition) is 2. The molecule has 0 heterocycles. The second-order valence-corrected chi connectivity index (χ2v) is 5.05. The van der Waals surface area contributed by atoms with E-state index in [0.717, 1.165) is 18.9 Å². The third kappa shape index (κ3) is 2.23. The molecule has 0 saturated heterocycles. The SMILES string of the molecule is CCC(C)CNC1CC(O)C1(C)C. The van der Waals surface area contributed by atoms with E-state index in [9.17, 15) is 5.11 Å². The Bertz CT molecular complexity index is 167. The lowest BCUT2D eigenvalue weighted by molar-refractivity contribution is -0.0731. The first-order valence-corrected chi connectivity index (χ1v) is 5.40. The molecule has 2 N–H and O–H groups in total. The summed E-state index contributed by atoms with van der Waals surface area (Å²) >= 11 is 0. The zero-order valence-corrected chi connectivity index (χ0v) is 9.30. The number of aliphatic hydroxyl groups is 1. The van der Waals surface area contributed by atoms with Crippen molar-refractivity contribution >= 4 is 0 Å². The highest BCUT2D eigenvalue weighted by atomic mass is 16.3. The second-order valence-electron chi connectivity index (χ2n) is 5.05. The Morgan fingerprint density at radius 2 is 2.15 bits per heavy atom. The van der Waals surface area contributed by atoms with Crippen molar-refractivity contribution < 1.29 is 5.11 Å². The molecule has 1 saturated carbocycles. The highest BCUT2D eigenvalue weighted by Crippen LogP contribution is 2.40. The van der Waals surface area contributed by atoms with Gasteiger partial charge >= 0.3 is 0 Å². The first kappa shape index (κ1) is 11.0. The van der Waals surface area contributed by atoms with E-state index in [-0.39, 0.29) is 11.5 Å². The van der Waals surface area contributed by atoms with Crippen molar-refractivity contribution in [1.29, 1.82) is 0 Å². The van der Waals surface area contributed by atoms with Crippen molar-refractivity contribution in [2.24, 2.45) is 11.3 Å². The van der Waals surface area contributed by atoms with Gasteiger partial charge in [0.2, 0.25) is 0 Å². The summed E-state index contributed by atoms with van der Waals surface area (Å²) in [7, 11) is 0. The van der Waals surface area contributed by atoms with E-state index in [1.807, 2.05) is 0 Å². The molecule has 1 rings (SSSR count). The van der Waals surface area contributed by atoms with Crippen molar-refractivity contribution in [2.75, 3.05) is 6.54 Å². The molecule has 3 atom stereocenters. The third-order valence-electron chi connectivity index (χ3n) is 3.63. The summed E-state index contributed by atoms with van der Waals surface area (Å²) in [6.07, 6.45) is 2.04. The van der Waals surface area contributed by atoms with E-state index in [4.69, 9.17) is 0 Å². The van der Waals surface area contributed by atoms with Gasteiger partial charge in [0.25, 0.3) is 0 Å². The van der Waals surface area contributed by atoms with Crippen LogP contribution in [0.2, 0.25) is 0 Å². The molecule has 1 aliphatic rings. The summed E-state index contributed by atoms with van der Waals surface area (Å²) in [5.74, 6) is 0.744. The van der Waals surface area contributed by atoms with Crippen LogP contribution in [0.15, 0.2) is 0 Å². The summed E-state index contributed by atoms with van der Waals surface area (Å²) < 4.78 is 0. The van der Waals surface area contributed by atoms with Crippen LogP contribution in [0.25, 0.3) is 0 Å². The summed E-state index contributed by atoms with van der Waals surface area (Å²) in [5.41, 5.74) is 0.0768. The summed E-state index contributed by atoms with van der Waals surface area (Å²) in [5, 5.41) is 13.1. The summed E-state index contributed by atoms with van der Waals surface area (Å²) in [4.78, 5) is 0. The Balaban J connectivity index is 2.25. The number of nitrogens with one attached hydrogen (secondary N) is 1. The number of rotatable bonds is 4. The van der Waals surface area contributed by atoms with Crippen molar-refractivity contribution in [2.45, 2.75) is 52.7 Å². The molecule has 0 aromatic rings. The minimum atomic E-state index is -0.109. The fraction of sp³-hybridized carbons (Fsp3) is 1.00. The Morgan fingerprint density at radius 1 is 1.54 bits per heavy atom. The van der Waals surface area contributed by atoms with Crippen LogP contribution in [-0.4, -0.2) is 23.8 Å². The Kier molecular flexibility index (Phi) is 3.36. The van der Waals surface area contributed by atoms with Gasteiger partial charge in [0.05, 0.1) is 6.10 Å². The molecule has 3 unspecified atom stereocenters. The summed E-state index contributed by atoms with van der Waals surface area (Å²) in [6, 6.07) is 0.511. The fourth-order valence-electron chi connectivity index (χ4n) is 1.74. The molecule has 0 aromatic heterocycles. The van der Waals surface area contributed by atoms with E-state index >= 15 is 0 Å². The normalized spacial score (nSPS) is 33.9. The van der Waals surface area contributed by atoms with Gasteiger partial charge in [0.15, 0.2) is 0 Å². The van der Waals surface area contributed by atoms with Crippen LogP contribution in [0.4, 0.5) is 0 Å². The maximum atomic E-state index is 9.53. The molecule has 78 valence electrons. The van der Waals surface area contributed by atoms with E-state index in [2.05, 4.69) is 33.0 Å². The molecule has 0 aliphatic heterocycles. The molecule has 2 nitrogen and oxygen atoms in total. The van der Waals surface area contributed by atoms with Gasteiger partial charge in [-0.1, -0.05) is 34.1 Å². The zero-order valence-electron chi connectivity index (χ0n) is 9.30. The predicted molar refractivity (Wildman–Crippen MR) is 55.7 cm³/mol. The average Bonchev–Trinajstić information content (AvgIpc) is 2.11. The standard InChI is InChI=1S/C11H23NO/c1-5-8(2)7-12-9-6-10(13)11(9,3)4/h8-10,12-13H,5-7H2,1-4H3. The smallest absolute Gasteiger partial charge is 0.0621 e. The van der Waals surface area contributed by atoms with E-state index in [0.29, 0.717) is 6.04 Å². The molecule has 0 bridgehead atoms. The number of hydrogen-bond donors (Lipinski definition) is 2. The van der Waals surface area contributed by atoms with Gasteiger partial charge in [-0.15, -0.1) is 0 Å². The van der Waals surface area contributed by atoms with E-state index in [1.165, 1.54) is 6.42 Å². The minimum absolute atomic E-state index is 0.0768. The Labute approximate surface area is 81.7 Å². The predicted octanol–water partition coefficient (Wildman–Crippen LogP) is 1.78. The molecule has 0 amide bonds. The molecule has 0 radical (unpaired) electrons. The first-order chi connectivity index (χ1) is 5.98. The number of aliphatic hydroxyl groups excluding tert-OH is 1. The van der Waals surface area contributed by atoms with Crippen molar-refractivity contribution in [3.8, 4) is 0 Å². The molecule has 2 heteroatoms. The fourth-order valence-corrected chi connectivity index (χ4v) is 1.74. The lowest BCUT2D eigenvalue weighted by atomic mass is 9.64. The third-order valence-corrected chi connectivity index (χ3v) is 3.63. The van der Waals surface area contributed by atoms with Gasteiger partial charge < -0.3 is 10.4 Å². The van der Waals surface area contributed by atoms with Gasteiger partial charge in [-0.3, -0.25) is 0 Å². The van der Waals surface area contributed by atoms with Crippen LogP contribution >= 0.6 is 0 Å². The van der Waals surface area contributed by atoms with Gasteiger partial charge in [-0.2, -0.15) is 0 Å². The molecule has 13 heavy (non-hydrogen) atoms. The van der Waals surface area contributed by atoms with Gasteiger partial charge in [-0.05, 0) is 18.9 Å². The lowest BCUT2D eigenvalue weighted by Gasteiger charge is -2.50. The van der Waals surface area contributed by atoms with Crippen LogP contribution in [-0.2, 0) is 0 Å². The lowest BCUT2D eigenvalue weighted by Crippen LogP contribution is -2.60. The molecule has 1 fully saturated rings. The average molecular weight is 185 g/mol. The highest BCUT2D eigenvalue weighted by molar-refractivity contribution is 5.01. The van der Waals surface area contributed by atoms with Crippen LogP contribution in [0.3, 0.4) is 0 Å². The second kappa shape index (κ2) is 3.97. The molecule has 1 aliphatic carbocycles. The monoisotopic (exact) mass is 185 g/mol. The largest absolute Gasteiger partial charge is 0.392 e. The highest BCUT2D eigenvalue weighted by Gasteiger charge is 2.46. The topological polar surface area (TPSA) is 32.3 Å². The van der Waals surface area contributed by atoms with Crippen LogP contribution in [0, 0.1) is 11.3 Å². The van der Waals surface area contributed by atoms with Gasteiger partial charge in [0, 0.05) is 11.5 Å². The van der Waals surface area contributed by atoms with E-state index < -0.39 is 0 Å². The van der Waals surface area contributed by atoms with Gasteiger partial charge in [0.1, 0.15) is 0 Å². The van der Waals surface area contributed by atoms with Crippen molar-refractivity contribution in [3.63, 3.8) is 0 Å². The van der Waals surface area contributed by atoms with Crippen LogP contribution in [0.5, 0.6) is 0 Å². The molecular formula is C11H23NO. The maximum absolute atomic E-state index is 9.53. The van der Waals surface area contributed by atoms with Crippen LogP contribution in [0.1, 0.15) is 40.5 Å². The van der Waals surface area contributed by atoms with Gasteiger partial charge in [-0.25, -0.2) is 0 Å². The Morgan fingerprint density at radius 3 is 2.54 bits per heavy atom. The summed E-state index contributed by atoms with van der Waals surface area (Å²) in [6.45, 7) is 9.82. The minimum Gasteiger partial charge on any atom is -0.392 e. The van der Waals surface area contributed by atoms with Crippen LogP contribution < -0.4 is 5.32 Å². The zero-order chi connectivity index (χ0) is 10.1. The van der Waals surface area contributed by atoms with Crippen molar-refractivity contribution in [1.82, 2.24) is 5.32 Å². The maximum Gasteiger partial charge on any atom is 0.0621 e.